The summed E-state index contributed by atoms with van der Waals surface area (Å²) in [4.78, 5) is 4.93. The van der Waals surface area contributed by atoms with Crippen LogP contribution in [0.3, 0.4) is 0 Å². The molecular formula is C16H15F3N4O2S2. The van der Waals surface area contributed by atoms with Gasteiger partial charge < -0.3 is 0 Å². The van der Waals surface area contributed by atoms with Crippen molar-refractivity contribution >= 4 is 27.0 Å². The van der Waals surface area contributed by atoms with Crippen molar-refractivity contribution in [1.82, 2.24) is 18.9 Å². The quantitative estimate of drug-likeness (QED) is 0.655. The van der Waals surface area contributed by atoms with Crippen molar-refractivity contribution in [2.75, 3.05) is 12.8 Å². The molecular weight excluding hydrogens is 401 g/mol. The molecule has 1 aliphatic heterocycles. The highest BCUT2D eigenvalue weighted by atomic mass is 32.2. The second kappa shape index (κ2) is 6.28. The minimum atomic E-state index is -4.62. The van der Waals surface area contributed by atoms with E-state index in [0.29, 0.717) is 24.3 Å². The lowest BCUT2D eigenvalue weighted by atomic mass is 10.2. The van der Waals surface area contributed by atoms with Crippen molar-refractivity contribution < 1.29 is 21.6 Å². The zero-order chi connectivity index (χ0) is 19.4. The third kappa shape index (κ3) is 3.34. The predicted molar refractivity (Wildman–Crippen MR) is 94.8 cm³/mol. The molecule has 11 heteroatoms. The molecule has 6 nitrogen and oxygen atoms in total. The lowest BCUT2D eigenvalue weighted by molar-refractivity contribution is -0.142. The Morgan fingerprint density at radius 1 is 1.30 bits per heavy atom. The molecule has 0 saturated carbocycles. The zero-order valence-corrected chi connectivity index (χ0v) is 15.8. The standard InChI is InChI=1S/C16H15F3N4O2S2/c1-27(24,25)22-6-2-4-12(22)10-9-15-20-11(13-5-3-7-26-13)8-14(16(17,18)19)23(15)21-10/h3,5,7-9,12H,2,4,6H2,1H3. The molecule has 0 spiro atoms. The Hall–Kier alpha value is -1.98. The number of thiophene rings is 1. The van der Waals surface area contributed by atoms with E-state index in [-0.39, 0.29) is 17.0 Å². The molecule has 144 valence electrons. The topological polar surface area (TPSA) is 67.6 Å². The first-order chi connectivity index (χ1) is 12.6. The molecule has 0 amide bonds. The summed E-state index contributed by atoms with van der Waals surface area (Å²) in [6, 6.07) is 5.28. The second-order valence-electron chi connectivity index (χ2n) is 6.37. The van der Waals surface area contributed by atoms with E-state index in [1.807, 2.05) is 0 Å². The van der Waals surface area contributed by atoms with Crippen LogP contribution in [0.25, 0.3) is 16.2 Å². The van der Waals surface area contributed by atoms with E-state index in [0.717, 1.165) is 16.8 Å². The van der Waals surface area contributed by atoms with Crippen molar-refractivity contribution in [3.05, 3.63) is 41.0 Å². The Morgan fingerprint density at radius 3 is 2.70 bits per heavy atom. The number of hydrogen-bond acceptors (Lipinski definition) is 5. The van der Waals surface area contributed by atoms with Crippen LogP contribution in [-0.4, -0.2) is 40.1 Å². The van der Waals surface area contributed by atoms with Crippen LogP contribution in [0.2, 0.25) is 0 Å². The maximum Gasteiger partial charge on any atom is 0.433 e. The van der Waals surface area contributed by atoms with Crippen LogP contribution in [-0.2, 0) is 16.2 Å². The van der Waals surface area contributed by atoms with Gasteiger partial charge in [-0.15, -0.1) is 11.3 Å². The summed E-state index contributed by atoms with van der Waals surface area (Å²) in [6.45, 7) is 0.331. The Balaban J connectivity index is 1.89. The van der Waals surface area contributed by atoms with E-state index in [1.165, 1.54) is 21.7 Å². The van der Waals surface area contributed by atoms with Crippen LogP contribution in [0, 0.1) is 0 Å². The zero-order valence-electron chi connectivity index (χ0n) is 14.1. The van der Waals surface area contributed by atoms with Crippen molar-refractivity contribution in [2.45, 2.75) is 25.1 Å². The van der Waals surface area contributed by atoms with E-state index in [1.54, 1.807) is 17.5 Å². The minimum absolute atomic E-state index is 0.0450. The molecule has 0 aromatic carbocycles. The molecule has 27 heavy (non-hydrogen) atoms. The first-order valence-corrected chi connectivity index (χ1v) is 10.9. The second-order valence-corrected chi connectivity index (χ2v) is 9.26. The molecule has 4 heterocycles. The van der Waals surface area contributed by atoms with Gasteiger partial charge in [-0.05, 0) is 30.4 Å². The van der Waals surface area contributed by atoms with Crippen LogP contribution >= 0.6 is 11.3 Å². The summed E-state index contributed by atoms with van der Waals surface area (Å²) in [5.41, 5.74) is -0.406. The number of sulfonamides is 1. The highest BCUT2D eigenvalue weighted by Gasteiger charge is 2.38. The van der Waals surface area contributed by atoms with Gasteiger partial charge in [0.1, 0.15) is 0 Å². The van der Waals surface area contributed by atoms with E-state index in [9.17, 15) is 21.6 Å². The smallest absolute Gasteiger partial charge is 0.228 e. The molecule has 3 aromatic rings. The molecule has 0 bridgehead atoms. The molecule has 4 rings (SSSR count). The first kappa shape index (κ1) is 18.4. The fourth-order valence-electron chi connectivity index (χ4n) is 3.34. The van der Waals surface area contributed by atoms with Gasteiger partial charge in [0.25, 0.3) is 0 Å². The molecule has 1 saturated heterocycles. The third-order valence-corrected chi connectivity index (χ3v) is 6.66. The normalized spacial score (nSPS) is 19.2. The van der Waals surface area contributed by atoms with Crippen LogP contribution in [0.1, 0.15) is 30.3 Å². The van der Waals surface area contributed by atoms with Crippen molar-refractivity contribution in [3.8, 4) is 10.6 Å². The molecule has 1 fully saturated rings. The van der Waals surface area contributed by atoms with Gasteiger partial charge in [-0.1, -0.05) is 6.07 Å². The predicted octanol–water partition coefficient (Wildman–Crippen LogP) is 3.57. The number of halogens is 3. The highest BCUT2D eigenvalue weighted by molar-refractivity contribution is 7.88. The fraction of sp³-hybridized carbons (Fsp3) is 0.375. The summed E-state index contributed by atoms with van der Waals surface area (Å²) in [6.07, 6.45) is -2.39. The highest BCUT2D eigenvalue weighted by Crippen LogP contribution is 2.37. The van der Waals surface area contributed by atoms with Crippen LogP contribution in [0.5, 0.6) is 0 Å². The average molecular weight is 416 g/mol. The van der Waals surface area contributed by atoms with Gasteiger partial charge in [0.2, 0.25) is 10.0 Å². The van der Waals surface area contributed by atoms with Gasteiger partial charge in [0.05, 0.1) is 28.6 Å². The summed E-state index contributed by atoms with van der Waals surface area (Å²) in [7, 11) is -3.48. The fourth-order valence-corrected chi connectivity index (χ4v) is 5.16. The van der Waals surface area contributed by atoms with Gasteiger partial charge in [0, 0.05) is 12.6 Å². The van der Waals surface area contributed by atoms with Gasteiger partial charge in [-0.2, -0.15) is 22.6 Å². The Bertz CT molecular complexity index is 1090. The molecule has 0 radical (unpaired) electrons. The summed E-state index contributed by atoms with van der Waals surface area (Å²) in [5.74, 6) is 0. The Kier molecular flexibility index (Phi) is 4.28. The summed E-state index contributed by atoms with van der Waals surface area (Å²) < 4.78 is 66.8. The SMILES string of the molecule is CS(=O)(=O)N1CCCC1c1cc2nc(-c3cccs3)cc(C(F)(F)F)n2n1. The monoisotopic (exact) mass is 416 g/mol. The number of aromatic nitrogens is 3. The van der Waals surface area contributed by atoms with Crippen LogP contribution in [0.4, 0.5) is 13.2 Å². The largest absolute Gasteiger partial charge is 0.433 e. The average Bonchev–Trinajstić information content (AvgIpc) is 3.30. The van der Waals surface area contributed by atoms with Gasteiger partial charge >= 0.3 is 6.18 Å². The van der Waals surface area contributed by atoms with Crippen LogP contribution < -0.4 is 0 Å². The summed E-state index contributed by atoms with van der Waals surface area (Å²) in [5, 5.41) is 5.84. The number of nitrogens with zero attached hydrogens (tertiary/aromatic N) is 4. The Labute approximate surface area is 157 Å². The number of fused-ring (bicyclic) bond motifs is 1. The molecule has 1 unspecified atom stereocenters. The van der Waals surface area contributed by atoms with Crippen LogP contribution in [0.15, 0.2) is 29.6 Å². The Morgan fingerprint density at radius 2 is 2.07 bits per heavy atom. The lowest BCUT2D eigenvalue weighted by Crippen LogP contribution is -2.29. The molecule has 1 aliphatic rings. The maximum atomic E-state index is 13.6. The number of rotatable bonds is 3. The van der Waals surface area contributed by atoms with Crippen molar-refractivity contribution in [1.29, 1.82) is 0 Å². The third-order valence-electron chi connectivity index (χ3n) is 4.48. The minimum Gasteiger partial charge on any atom is -0.228 e. The molecule has 3 aromatic heterocycles. The van der Waals surface area contributed by atoms with Gasteiger partial charge in [-0.25, -0.2) is 17.9 Å². The van der Waals surface area contributed by atoms with Gasteiger partial charge in [0.15, 0.2) is 11.3 Å². The van der Waals surface area contributed by atoms with Crippen molar-refractivity contribution in [2.24, 2.45) is 0 Å². The lowest BCUT2D eigenvalue weighted by Gasteiger charge is -2.20. The molecule has 0 aliphatic carbocycles. The first-order valence-electron chi connectivity index (χ1n) is 8.13. The van der Waals surface area contributed by atoms with Gasteiger partial charge in [-0.3, -0.25) is 0 Å². The molecule has 1 atom stereocenters. The van der Waals surface area contributed by atoms with E-state index >= 15 is 0 Å². The number of hydrogen-bond donors (Lipinski definition) is 0. The van der Waals surface area contributed by atoms with E-state index < -0.39 is 27.9 Å². The molecule has 0 N–H and O–H groups in total. The van der Waals surface area contributed by atoms with E-state index in [2.05, 4.69) is 10.1 Å². The maximum absolute atomic E-state index is 13.6. The van der Waals surface area contributed by atoms with Crippen molar-refractivity contribution in [3.63, 3.8) is 0 Å². The summed E-state index contributed by atoms with van der Waals surface area (Å²) >= 11 is 1.29. The van der Waals surface area contributed by atoms with E-state index in [4.69, 9.17) is 0 Å². The number of alkyl halides is 3.